The molecule has 52 valence electrons. The Labute approximate surface area is 55.9 Å². The topological polar surface area (TPSA) is 37.1 Å². The highest BCUT2D eigenvalue weighted by molar-refractivity contribution is 5.83. The smallest absolute Gasteiger partial charge is 0.0509 e. The third-order valence-electron chi connectivity index (χ3n) is 1.13. The zero-order valence-electron chi connectivity index (χ0n) is 6.42. The minimum atomic E-state index is 0.468. The zero-order valence-corrected chi connectivity index (χ0v) is 6.42. The van der Waals surface area contributed by atoms with Gasteiger partial charge in [0.15, 0.2) is 0 Å². The first kappa shape index (κ1) is 8.27. The van der Waals surface area contributed by atoms with Crippen LogP contribution in [0.1, 0.15) is 20.8 Å². The predicted octanol–water partition coefficient (Wildman–Crippen LogP) is 2.10. The average Bonchev–Trinajstić information content (AvgIpc) is 1.82. The lowest BCUT2D eigenvalue weighted by Crippen LogP contribution is -1.99. The molecule has 0 amide bonds. The standard InChI is InChI=1S/C6H13N3/c1-5(2)6(3)8-9-7-4/h5H,1-4H3/b8-6+,9-7-. The van der Waals surface area contributed by atoms with Gasteiger partial charge in [0.05, 0.1) is 7.05 Å². The fourth-order valence-corrected chi connectivity index (χ4v) is 0.231. The third-order valence-corrected chi connectivity index (χ3v) is 1.13. The summed E-state index contributed by atoms with van der Waals surface area (Å²) in [6, 6.07) is 0. The summed E-state index contributed by atoms with van der Waals surface area (Å²) in [5, 5.41) is 10.8. The van der Waals surface area contributed by atoms with Crippen molar-refractivity contribution in [2.24, 2.45) is 21.4 Å². The van der Waals surface area contributed by atoms with Crippen LogP contribution < -0.4 is 0 Å². The molecular formula is C6H13N3. The van der Waals surface area contributed by atoms with Crippen molar-refractivity contribution in [2.75, 3.05) is 7.05 Å². The first-order valence-corrected chi connectivity index (χ1v) is 3.01. The van der Waals surface area contributed by atoms with Crippen LogP contribution in [-0.4, -0.2) is 12.8 Å². The fraction of sp³-hybridized carbons (Fsp3) is 0.833. The van der Waals surface area contributed by atoms with Gasteiger partial charge in [-0.3, -0.25) is 0 Å². The SMILES string of the molecule is C/N=N\N=C(/C)C(C)C. The van der Waals surface area contributed by atoms with Gasteiger partial charge in [-0.15, -0.1) is 5.10 Å². The highest BCUT2D eigenvalue weighted by Crippen LogP contribution is 1.95. The first-order chi connectivity index (χ1) is 4.18. The van der Waals surface area contributed by atoms with Gasteiger partial charge < -0.3 is 0 Å². The van der Waals surface area contributed by atoms with Crippen LogP contribution in [0.4, 0.5) is 0 Å². The van der Waals surface area contributed by atoms with Gasteiger partial charge in [-0.05, 0) is 12.8 Å². The Morgan fingerprint density at radius 3 is 2.22 bits per heavy atom. The fourth-order valence-electron chi connectivity index (χ4n) is 0.231. The van der Waals surface area contributed by atoms with Gasteiger partial charge in [-0.1, -0.05) is 19.1 Å². The third kappa shape index (κ3) is 3.82. The minimum Gasteiger partial charge on any atom is -0.172 e. The van der Waals surface area contributed by atoms with Crippen LogP contribution in [0.3, 0.4) is 0 Å². The molecule has 0 radical (unpaired) electrons. The first-order valence-electron chi connectivity index (χ1n) is 3.01. The van der Waals surface area contributed by atoms with E-state index < -0.39 is 0 Å². The molecule has 0 atom stereocenters. The van der Waals surface area contributed by atoms with Gasteiger partial charge in [0.2, 0.25) is 0 Å². The number of hydrogen-bond donors (Lipinski definition) is 0. The van der Waals surface area contributed by atoms with Crippen molar-refractivity contribution in [1.82, 2.24) is 0 Å². The molecule has 3 heteroatoms. The molecule has 0 aliphatic rings. The summed E-state index contributed by atoms with van der Waals surface area (Å²) in [6.07, 6.45) is 0. The van der Waals surface area contributed by atoms with Gasteiger partial charge in [0, 0.05) is 5.71 Å². The van der Waals surface area contributed by atoms with Gasteiger partial charge in [-0.25, -0.2) is 0 Å². The molecule has 0 aromatic carbocycles. The van der Waals surface area contributed by atoms with Crippen molar-refractivity contribution in [1.29, 1.82) is 0 Å². The maximum absolute atomic E-state index is 3.82. The van der Waals surface area contributed by atoms with E-state index in [1.807, 2.05) is 6.92 Å². The Kier molecular flexibility index (Phi) is 3.84. The number of nitrogens with zero attached hydrogens (tertiary/aromatic N) is 3. The van der Waals surface area contributed by atoms with Gasteiger partial charge in [0.1, 0.15) is 0 Å². The molecule has 0 spiro atoms. The highest BCUT2D eigenvalue weighted by atomic mass is 15.4. The van der Waals surface area contributed by atoms with E-state index in [9.17, 15) is 0 Å². The second-order valence-electron chi connectivity index (χ2n) is 2.19. The minimum absolute atomic E-state index is 0.468. The van der Waals surface area contributed by atoms with Crippen molar-refractivity contribution >= 4 is 5.71 Å². The van der Waals surface area contributed by atoms with Crippen molar-refractivity contribution in [3.8, 4) is 0 Å². The summed E-state index contributed by atoms with van der Waals surface area (Å²) < 4.78 is 0. The Bertz CT molecular complexity index is 124. The summed E-state index contributed by atoms with van der Waals surface area (Å²) in [5.41, 5.74) is 1.01. The Balaban J connectivity index is 3.84. The van der Waals surface area contributed by atoms with Crippen LogP contribution in [0.5, 0.6) is 0 Å². The molecule has 0 saturated heterocycles. The quantitative estimate of drug-likeness (QED) is 0.309. The molecule has 0 aromatic heterocycles. The molecule has 0 fully saturated rings. The summed E-state index contributed by atoms with van der Waals surface area (Å²) in [4.78, 5) is 0. The van der Waals surface area contributed by atoms with Crippen LogP contribution in [0.2, 0.25) is 0 Å². The van der Waals surface area contributed by atoms with Gasteiger partial charge >= 0.3 is 0 Å². The monoisotopic (exact) mass is 127 g/mol. The van der Waals surface area contributed by atoms with Crippen LogP contribution in [-0.2, 0) is 0 Å². The summed E-state index contributed by atoms with van der Waals surface area (Å²) in [7, 11) is 1.61. The molecule has 0 aromatic rings. The number of hydrogen-bond acceptors (Lipinski definition) is 2. The lowest BCUT2D eigenvalue weighted by Gasteiger charge is -1.97. The maximum Gasteiger partial charge on any atom is 0.0509 e. The Morgan fingerprint density at radius 2 is 1.89 bits per heavy atom. The van der Waals surface area contributed by atoms with E-state index in [1.54, 1.807) is 7.05 Å². The average molecular weight is 127 g/mol. The second-order valence-corrected chi connectivity index (χ2v) is 2.19. The summed E-state index contributed by atoms with van der Waals surface area (Å²) in [6.45, 7) is 6.09. The largest absolute Gasteiger partial charge is 0.172 e. The van der Waals surface area contributed by atoms with Crippen LogP contribution in [0.15, 0.2) is 15.4 Å². The Hall–Kier alpha value is -0.730. The molecule has 0 N–H and O–H groups in total. The van der Waals surface area contributed by atoms with Crippen molar-refractivity contribution < 1.29 is 0 Å². The summed E-state index contributed by atoms with van der Waals surface area (Å²) >= 11 is 0. The normalized spacial score (nSPS) is 13.7. The van der Waals surface area contributed by atoms with E-state index in [4.69, 9.17) is 0 Å². The molecule has 3 nitrogen and oxygen atoms in total. The van der Waals surface area contributed by atoms with Crippen LogP contribution in [0.25, 0.3) is 0 Å². The van der Waals surface area contributed by atoms with E-state index in [0.717, 1.165) is 5.71 Å². The molecule has 9 heavy (non-hydrogen) atoms. The van der Waals surface area contributed by atoms with Crippen molar-refractivity contribution in [3.05, 3.63) is 0 Å². The zero-order chi connectivity index (χ0) is 7.28. The second kappa shape index (κ2) is 4.18. The molecule has 0 aliphatic heterocycles. The molecule has 0 heterocycles. The van der Waals surface area contributed by atoms with E-state index in [1.165, 1.54) is 0 Å². The molecule has 0 bridgehead atoms. The molecule has 0 aliphatic carbocycles. The van der Waals surface area contributed by atoms with Crippen LogP contribution >= 0.6 is 0 Å². The van der Waals surface area contributed by atoms with Gasteiger partial charge in [0.25, 0.3) is 0 Å². The van der Waals surface area contributed by atoms with E-state index in [-0.39, 0.29) is 0 Å². The predicted molar refractivity (Wildman–Crippen MR) is 38.7 cm³/mol. The molecule has 0 unspecified atom stereocenters. The lowest BCUT2D eigenvalue weighted by molar-refractivity contribution is 0.858. The summed E-state index contributed by atoms with van der Waals surface area (Å²) in [5.74, 6) is 0.468. The van der Waals surface area contributed by atoms with Crippen molar-refractivity contribution in [3.63, 3.8) is 0 Å². The molecule has 0 rings (SSSR count). The van der Waals surface area contributed by atoms with Gasteiger partial charge in [-0.2, -0.15) is 5.11 Å². The van der Waals surface area contributed by atoms with E-state index >= 15 is 0 Å². The number of rotatable bonds is 2. The molecular weight excluding hydrogens is 114 g/mol. The van der Waals surface area contributed by atoms with Crippen molar-refractivity contribution in [2.45, 2.75) is 20.8 Å². The van der Waals surface area contributed by atoms with E-state index in [0.29, 0.717) is 5.92 Å². The van der Waals surface area contributed by atoms with Crippen LogP contribution in [0, 0.1) is 5.92 Å². The highest BCUT2D eigenvalue weighted by Gasteiger charge is 1.95. The Morgan fingerprint density at radius 1 is 1.33 bits per heavy atom. The maximum atomic E-state index is 3.82. The van der Waals surface area contributed by atoms with E-state index in [2.05, 4.69) is 29.3 Å². The lowest BCUT2D eigenvalue weighted by atomic mass is 10.1. The molecule has 0 saturated carbocycles.